The zero-order chi connectivity index (χ0) is 24.9. The molecule has 2 N–H and O–H groups in total. The third kappa shape index (κ3) is 6.85. The van der Waals surface area contributed by atoms with E-state index in [0.29, 0.717) is 40.3 Å². The standard InChI is InChI=1S/C24H28ClNO6S2/c1-15-11-19(6-7-21(15)32-14-23(27)28)31-13-16(2)26-9-4-10-34(29,30)24-17(3)20-12-18(25)5-8-22(20)33-24/h5-8,11-12,16,26H,4,9-10,13-14H2,1-3H3,(H,27,28). The van der Waals surface area contributed by atoms with E-state index in [1.165, 1.54) is 11.3 Å². The number of benzene rings is 2. The molecule has 0 radical (unpaired) electrons. The fraction of sp³-hybridized carbons (Fsp3) is 0.375. The van der Waals surface area contributed by atoms with Gasteiger partial charge in [0.1, 0.15) is 22.3 Å². The van der Waals surface area contributed by atoms with Gasteiger partial charge in [0.25, 0.3) is 0 Å². The van der Waals surface area contributed by atoms with Crippen molar-refractivity contribution in [2.75, 3.05) is 25.5 Å². The Morgan fingerprint density at radius 1 is 1.18 bits per heavy atom. The molecule has 0 amide bonds. The first kappa shape index (κ1) is 26.3. The Labute approximate surface area is 208 Å². The molecule has 10 heteroatoms. The van der Waals surface area contributed by atoms with Crippen LogP contribution >= 0.6 is 22.9 Å². The molecular weight excluding hydrogens is 498 g/mol. The van der Waals surface area contributed by atoms with Gasteiger partial charge in [-0.15, -0.1) is 11.3 Å². The van der Waals surface area contributed by atoms with Crippen molar-refractivity contribution >= 4 is 48.8 Å². The molecule has 1 unspecified atom stereocenters. The number of carboxylic acids is 1. The van der Waals surface area contributed by atoms with Crippen molar-refractivity contribution in [1.29, 1.82) is 0 Å². The summed E-state index contributed by atoms with van der Waals surface area (Å²) in [5.41, 5.74) is 1.54. The Morgan fingerprint density at radius 2 is 1.94 bits per heavy atom. The molecule has 2 aromatic carbocycles. The first-order valence-electron chi connectivity index (χ1n) is 10.8. The number of fused-ring (bicyclic) bond motifs is 1. The molecular formula is C24H28ClNO6S2. The first-order chi connectivity index (χ1) is 16.1. The van der Waals surface area contributed by atoms with E-state index in [-0.39, 0.29) is 11.8 Å². The second-order valence-corrected chi connectivity index (χ2v) is 11.9. The fourth-order valence-corrected chi connectivity index (χ4v) is 6.87. The molecule has 1 heterocycles. The van der Waals surface area contributed by atoms with Crippen LogP contribution in [0.1, 0.15) is 24.5 Å². The predicted molar refractivity (Wildman–Crippen MR) is 136 cm³/mol. The molecule has 3 aromatic rings. The average molecular weight is 526 g/mol. The SMILES string of the molecule is Cc1cc(OCC(C)NCCCS(=O)(=O)c2sc3ccc(Cl)cc3c2C)ccc1OCC(=O)O. The second kappa shape index (κ2) is 11.4. The number of sulfone groups is 1. The Balaban J connectivity index is 1.45. The van der Waals surface area contributed by atoms with Crippen LogP contribution in [-0.2, 0) is 14.6 Å². The van der Waals surface area contributed by atoms with Gasteiger partial charge in [-0.2, -0.15) is 0 Å². The van der Waals surface area contributed by atoms with Crippen LogP contribution in [0.15, 0.2) is 40.6 Å². The topological polar surface area (TPSA) is 102 Å². The molecule has 1 atom stereocenters. The Kier molecular flexibility index (Phi) is 8.81. The number of thiophene rings is 1. The van der Waals surface area contributed by atoms with Crippen LogP contribution in [0.2, 0.25) is 5.02 Å². The van der Waals surface area contributed by atoms with Crippen molar-refractivity contribution in [1.82, 2.24) is 5.32 Å². The zero-order valence-corrected chi connectivity index (χ0v) is 21.6. The summed E-state index contributed by atoms with van der Waals surface area (Å²) in [4.78, 5) is 10.6. The highest BCUT2D eigenvalue weighted by Crippen LogP contribution is 2.36. The molecule has 0 fully saturated rings. The van der Waals surface area contributed by atoms with E-state index in [4.69, 9.17) is 26.2 Å². The monoisotopic (exact) mass is 525 g/mol. The van der Waals surface area contributed by atoms with E-state index < -0.39 is 22.4 Å². The smallest absolute Gasteiger partial charge is 0.341 e. The Hall–Kier alpha value is -2.33. The number of carbonyl (C=O) groups is 1. The normalized spacial score (nSPS) is 12.6. The minimum absolute atomic E-state index is 0.0131. The molecule has 1 aromatic heterocycles. The van der Waals surface area contributed by atoms with Crippen LogP contribution in [0, 0.1) is 13.8 Å². The van der Waals surface area contributed by atoms with Crippen LogP contribution in [0.5, 0.6) is 11.5 Å². The maximum Gasteiger partial charge on any atom is 0.341 e. The predicted octanol–water partition coefficient (Wildman–Crippen LogP) is 4.86. The quantitative estimate of drug-likeness (QED) is 0.326. The first-order valence-corrected chi connectivity index (χ1v) is 13.6. The lowest BCUT2D eigenvalue weighted by Gasteiger charge is -2.16. The van der Waals surface area contributed by atoms with E-state index in [0.717, 1.165) is 21.2 Å². The number of carboxylic acid groups (broad SMARTS) is 1. The van der Waals surface area contributed by atoms with Crippen LogP contribution in [-0.4, -0.2) is 51.0 Å². The number of hydrogen-bond donors (Lipinski definition) is 2. The summed E-state index contributed by atoms with van der Waals surface area (Å²) in [6, 6.07) is 10.6. The van der Waals surface area contributed by atoms with Gasteiger partial charge < -0.3 is 19.9 Å². The van der Waals surface area contributed by atoms with Gasteiger partial charge in [0.05, 0.1) is 5.75 Å². The lowest BCUT2D eigenvalue weighted by Crippen LogP contribution is -2.33. The highest BCUT2D eigenvalue weighted by molar-refractivity contribution is 7.93. The lowest BCUT2D eigenvalue weighted by atomic mass is 10.2. The fourth-order valence-electron chi connectivity index (χ4n) is 3.46. The molecule has 3 rings (SSSR count). The minimum Gasteiger partial charge on any atom is -0.492 e. The van der Waals surface area contributed by atoms with Gasteiger partial charge in [0.15, 0.2) is 16.4 Å². The molecule has 0 aliphatic carbocycles. The van der Waals surface area contributed by atoms with Crippen molar-refractivity contribution in [3.63, 3.8) is 0 Å². The average Bonchev–Trinajstić information content (AvgIpc) is 3.11. The van der Waals surface area contributed by atoms with Gasteiger partial charge in [-0.3, -0.25) is 0 Å². The molecule has 7 nitrogen and oxygen atoms in total. The van der Waals surface area contributed by atoms with Crippen molar-refractivity contribution < 1.29 is 27.8 Å². The molecule has 0 aliphatic heterocycles. The number of rotatable bonds is 12. The van der Waals surface area contributed by atoms with E-state index in [2.05, 4.69) is 5.32 Å². The number of halogens is 1. The molecule has 0 aliphatic rings. The van der Waals surface area contributed by atoms with Crippen molar-refractivity contribution in [3.05, 3.63) is 52.5 Å². The van der Waals surface area contributed by atoms with Crippen LogP contribution in [0.3, 0.4) is 0 Å². The minimum atomic E-state index is -3.38. The lowest BCUT2D eigenvalue weighted by molar-refractivity contribution is -0.139. The summed E-state index contributed by atoms with van der Waals surface area (Å²) >= 11 is 7.35. The summed E-state index contributed by atoms with van der Waals surface area (Å²) in [7, 11) is -3.38. The summed E-state index contributed by atoms with van der Waals surface area (Å²) in [5, 5.41) is 13.5. The summed E-state index contributed by atoms with van der Waals surface area (Å²) in [6.07, 6.45) is 0.482. The second-order valence-electron chi connectivity index (χ2n) is 8.10. The largest absolute Gasteiger partial charge is 0.492 e. The van der Waals surface area contributed by atoms with E-state index in [1.807, 2.05) is 32.9 Å². The van der Waals surface area contributed by atoms with Crippen LogP contribution in [0.4, 0.5) is 0 Å². The molecule has 0 spiro atoms. The number of aryl methyl sites for hydroxylation is 2. The summed E-state index contributed by atoms with van der Waals surface area (Å²) in [6.45, 7) is 6.16. The van der Waals surface area contributed by atoms with Crippen molar-refractivity contribution in [2.45, 2.75) is 37.4 Å². The molecule has 0 bridgehead atoms. The van der Waals surface area contributed by atoms with Gasteiger partial charge in [0.2, 0.25) is 0 Å². The third-order valence-corrected chi connectivity index (χ3v) is 9.23. The van der Waals surface area contributed by atoms with Gasteiger partial charge in [-0.25, -0.2) is 13.2 Å². The molecule has 0 saturated heterocycles. The maximum atomic E-state index is 12.9. The van der Waals surface area contributed by atoms with Crippen molar-refractivity contribution in [2.24, 2.45) is 0 Å². The number of nitrogens with one attached hydrogen (secondary N) is 1. The molecule has 34 heavy (non-hydrogen) atoms. The number of ether oxygens (including phenoxy) is 2. The number of hydrogen-bond acceptors (Lipinski definition) is 7. The van der Waals surface area contributed by atoms with Gasteiger partial charge in [-0.05, 0) is 86.6 Å². The van der Waals surface area contributed by atoms with E-state index in [1.54, 1.807) is 24.3 Å². The zero-order valence-electron chi connectivity index (χ0n) is 19.3. The summed E-state index contributed by atoms with van der Waals surface area (Å²) < 4.78 is 38.1. The number of aliphatic carboxylic acids is 1. The maximum absolute atomic E-state index is 12.9. The Bertz CT molecular complexity index is 1270. The van der Waals surface area contributed by atoms with Crippen LogP contribution < -0.4 is 14.8 Å². The van der Waals surface area contributed by atoms with Gasteiger partial charge in [0, 0.05) is 15.8 Å². The Morgan fingerprint density at radius 3 is 2.65 bits per heavy atom. The molecule has 0 saturated carbocycles. The third-order valence-electron chi connectivity index (χ3n) is 5.22. The van der Waals surface area contributed by atoms with Crippen molar-refractivity contribution in [3.8, 4) is 11.5 Å². The van der Waals surface area contributed by atoms with Gasteiger partial charge in [-0.1, -0.05) is 11.6 Å². The van der Waals surface area contributed by atoms with E-state index in [9.17, 15) is 13.2 Å². The highest BCUT2D eigenvalue weighted by atomic mass is 35.5. The van der Waals surface area contributed by atoms with Gasteiger partial charge >= 0.3 is 5.97 Å². The summed E-state index contributed by atoms with van der Waals surface area (Å²) in [5.74, 6) is 0.179. The highest BCUT2D eigenvalue weighted by Gasteiger charge is 2.21. The van der Waals surface area contributed by atoms with Crippen LogP contribution in [0.25, 0.3) is 10.1 Å². The molecule has 184 valence electrons. The van der Waals surface area contributed by atoms with E-state index >= 15 is 0 Å².